The molecule has 0 bridgehead atoms. The third-order valence-electron chi connectivity index (χ3n) is 2.46. The van der Waals surface area contributed by atoms with Gasteiger partial charge < -0.3 is 9.47 Å². The van der Waals surface area contributed by atoms with Gasteiger partial charge in [-0.05, 0) is 6.92 Å². The third kappa shape index (κ3) is 2.00. The van der Waals surface area contributed by atoms with E-state index in [2.05, 4.69) is 0 Å². The fourth-order valence-corrected chi connectivity index (χ4v) is 2.14. The summed E-state index contributed by atoms with van der Waals surface area (Å²) in [5.41, 5.74) is 2.04. The van der Waals surface area contributed by atoms with Crippen LogP contribution in [-0.2, 0) is 15.3 Å². The fraction of sp³-hybridized carbons (Fsp3) is 0.455. The molecule has 0 spiro atoms. The first-order valence-electron chi connectivity index (χ1n) is 4.78. The summed E-state index contributed by atoms with van der Waals surface area (Å²) in [4.78, 5) is -0.734. The summed E-state index contributed by atoms with van der Waals surface area (Å²) in [7, 11) is 0. The van der Waals surface area contributed by atoms with Crippen LogP contribution >= 0.6 is 23.2 Å². The molecule has 0 unspecified atom stereocenters. The highest BCUT2D eigenvalue weighted by atomic mass is 35.5. The van der Waals surface area contributed by atoms with Gasteiger partial charge in [0, 0.05) is 5.56 Å². The van der Waals surface area contributed by atoms with Crippen molar-refractivity contribution < 1.29 is 9.47 Å². The van der Waals surface area contributed by atoms with Crippen LogP contribution in [0.15, 0.2) is 24.3 Å². The molecule has 0 radical (unpaired) electrons. The Hall–Kier alpha value is -0.280. The van der Waals surface area contributed by atoms with Gasteiger partial charge in [0.05, 0.1) is 13.2 Å². The van der Waals surface area contributed by atoms with Crippen molar-refractivity contribution in [3.8, 4) is 0 Å². The summed E-state index contributed by atoms with van der Waals surface area (Å²) in [6.07, 6.45) is 0. The molecular weight excluding hydrogens is 235 g/mol. The number of hydrogen-bond donors (Lipinski definition) is 0. The summed E-state index contributed by atoms with van der Waals surface area (Å²) in [6.45, 7) is 3.05. The molecule has 1 aliphatic heterocycles. The van der Waals surface area contributed by atoms with Crippen LogP contribution < -0.4 is 0 Å². The van der Waals surface area contributed by atoms with Gasteiger partial charge in [-0.2, -0.15) is 0 Å². The van der Waals surface area contributed by atoms with E-state index in [0.29, 0.717) is 13.2 Å². The van der Waals surface area contributed by atoms with Gasteiger partial charge in [-0.1, -0.05) is 53.0 Å². The Morgan fingerprint density at radius 3 is 2.13 bits per heavy atom. The van der Waals surface area contributed by atoms with Crippen molar-refractivity contribution in [3.63, 3.8) is 0 Å². The minimum atomic E-state index is -0.989. The molecule has 1 fully saturated rings. The fourth-order valence-electron chi connectivity index (χ4n) is 1.63. The zero-order chi connectivity index (χ0) is 10.9. The number of hydrogen-bond acceptors (Lipinski definition) is 2. The van der Waals surface area contributed by atoms with Crippen molar-refractivity contribution in [1.82, 2.24) is 0 Å². The van der Waals surface area contributed by atoms with E-state index in [0.717, 1.165) is 5.56 Å². The van der Waals surface area contributed by atoms with E-state index in [9.17, 15) is 0 Å². The lowest BCUT2D eigenvalue weighted by atomic mass is 10.1. The van der Waals surface area contributed by atoms with Crippen LogP contribution in [0.5, 0.6) is 0 Å². The van der Waals surface area contributed by atoms with Gasteiger partial charge in [-0.3, -0.25) is 0 Å². The number of alkyl halides is 2. The van der Waals surface area contributed by atoms with E-state index in [4.69, 9.17) is 32.7 Å². The molecule has 0 atom stereocenters. The summed E-state index contributed by atoms with van der Waals surface area (Å²) in [6, 6.07) is 7.83. The van der Waals surface area contributed by atoms with Crippen LogP contribution in [0.1, 0.15) is 11.1 Å². The summed E-state index contributed by atoms with van der Waals surface area (Å²) in [5.74, 6) is -0.989. The maximum absolute atomic E-state index is 5.93. The Morgan fingerprint density at radius 2 is 1.67 bits per heavy atom. The molecule has 15 heavy (non-hydrogen) atoms. The Morgan fingerprint density at radius 1 is 1.13 bits per heavy atom. The van der Waals surface area contributed by atoms with Crippen molar-refractivity contribution >= 4 is 23.2 Å². The monoisotopic (exact) mass is 246 g/mol. The molecule has 1 heterocycles. The molecule has 0 amide bonds. The Labute approximate surface area is 99.1 Å². The van der Waals surface area contributed by atoms with Crippen molar-refractivity contribution in [1.29, 1.82) is 0 Å². The molecule has 0 saturated carbocycles. The van der Waals surface area contributed by atoms with Gasteiger partial charge in [0.25, 0.3) is 0 Å². The Kier molecular flexibility index (Phi) is 3.21. The maximum Gasteiger partial charge on any atom is 0.226 e. The third-order valence-corrected chi connectivity index (χ3v) is 3.03. The van der Waals surface area contributed by atoms with E-state index < -0.39 is 10.6 Å². The molecule has 0 aliphatic carbocycles. The molecule has 1 aliphatic rings. The zero-order valence-corrected chi connectivity index (χ0v) is 9.89. The standard InChI is InChI=1S/C11H12Cl2O2/c1-8-2-4-9(5-3-8)11(10(12)13)14-6-7-15-11/h2-5,10H,6-7H2,1H3. The second-order valence-corrected chi connectivity index (χ2v) is 4.63. The molecule has 0 aromatic heterocycles. The highest BCUT2D eigenvalue weighted by Gasteiger charge is 2.44. The summed E-state index contributed by atoms with van der Waals surface area (Å²) >= 11 is 11.9. The van der Waals surface area contributed by atoms with Crippen molar-refractivity contribution in [3.05, 3.63) is 35.4 Å². The maximum atomic E-state index is 5.93. The van der Waals surface area contributed by atoms with Crippen molar-refractivity contribution in [2.45, 2.75) is 17.5 Å². The largest absolute Gasteiger partial charge is 0.341 e. The second-order valence-electron chi connectivity index (χ2n) is 3.53. The molecule has 1 saturated heterocycles. The van der Waals surface area contributed by atoms with E-state index in [1.54, 1.807) is 0 Å². The van der Waals surface area contributed by atoms with Crippen LogP contribution in [0.25, 0.3) is 0 Å². The topological polar surface area (TPSA) is 18.5 Å². The Balaban J connectivity index is 2.36. The van der Waals surface area contributed by atoms with Crippen LogP contribution in [0, 0.1) is 6.92 Å². The van der Waals surface area contributed by atoms with Crippen LogP contribution in [0.3, 0.4) is 0 Å². The smallest absolute Gasteiger partial charge is 0.226 e. The normalized spacial score (nSPS) is 19.7. The average Bonchev–Trinajstić information content (AvgIpc) is 2.69. The zero-order valence-electron chi connectivity index (χ0n) is 8.37. The van der Waals surface area contributed by atoms with E-state index in [1.807, 2.05) is 31.2 Å². The van der Waals surface area contributed by atoms with Gasteiger partial charge in [0.1, 0.15) is 0 Å². The molecule has 0 N–H and O–H groups in total. The first-order valence-corrected chi connectivity index (χ1v) is 5.65. The molecule has 4 heteroatoms. The Bertz CT molecular complexity index is 329. The quantitative estimate of drug-likeness (QED) is 0.748. The van der Waals surface area contributed by atoms with Gasteiger partial charge in [-0.25, -0.2) is 0 Å². The highest BCUT2D eigenvalue weighted by Crippen LogP contribution is 2.39. The van der Waals surface area contributed by atoms with Gasteiger partial charge >= 0.3 is 0 Å². The first-order chi connectivity index (χ1) is 7.15. The lowest BCUT2D eigenvalue weighted by Gasteiger charge is -2.28. The lowest BCUT2D eigenvalue weighted by Crippen LogP contribution is -2.34. The molecular formula is C11H12Cl2O2. The minimum absolute atomic E-state index is 0.518. The molecule has 2 rings (SSSR count). The first kappa shape index (κ1) is 11.2. The molecule has 82 valence electrons. The highest BCUT2D eigenvalue weighted by molar-refractivity contribution is 6.45. The number of aryl methyl sites for hydroxylation is 1. The molecule has 1 aromatic rings. The molecule has 2 nitrogen and oxygen atoms in total. The summed E-state index contributed by atoms with van der Waals surface area (Å²) < 4.78 is 11.1. The number of halogens is 2. The average molecular weight is 247 g/mol. The van der Waals surface area contributed by atoms with E-state index >= 15 is 0 Å². The number of ether oxygens (including phenoxy) is 2. The number of benzene rings is 1. The van der Waals surface area contributed by atoms with Gasteiger partial charge in [-0.15, -0.1) is 0 Å². The SMILES string of the molecule is Cc1ccc(C2(C(Cl)Cl)OCCO2)cc1. The van der Waals surface area contributed by atoms with Gasteiger partial charge in [0.15, 0.2) is 4.84 Å². The molecule has 1 aromatic carbocycles. The predicted molar refractivity (Wildman–Crippen MR) is 60.3 cm³/mol. The van der Waals surface area contributed by atoms with E-state index in [1.165, 1.54) is 5.56 Å². The van der Waals surface area contributed by atoms with E-state index in [-0.39, 0.29) is 0 Å². The number of rotatable bonds is 2. The van der Waals surface area contributed by atoms with Crippen LogP contribution in [0.2, 0.25) is 0 Å². The van der Waals surface area contributed by atoms with Crippen LogP contribution in [0.4, 0.5) is 0 Å². The lowest BCUT2D eigenvalue weighted by molar-refractivity contribution is -0.154. The van der Waals surface area contributed by atoms with Crippen LogP contribution in [-0.4, -0.2) is 18.1 Å². The van der Waals surface area contributed by atoms with Gasteiger partial charge in [0.2, 0.25) is 5.79 Å². The predicted octanol–water partition coefficient (Wildman–Crippen LogP) is 3.00. The second kappa shape index (κ2) is 4.30. The minimum Gasteiger partial charge on any atom is -0.341 e. The summed E-state index contributed by atoms with van der Waals surface area (Å²) in [5, 5.41) is 0. The van der Waals surface area contributed by atoms with Crippen molar-refractivity contribution in [2.75, 3.05) is 13.2 Å². The van der Waals surface area contributed by atoms with Crippen molar-refractivity contribution in [2.24, 2.45) is 0 Å².